The number of ether oxygens (including phenoxy) is 1. The van der Waals surface area contributed by atoms with E-state index in [1.165, 1.54) is 6.92 Å². The van der Waals surface area contributed by atoms with Gasteiger partial charge in [0, 0.05) is 44.1 Å². The Morgan fingerprint density at radius 2 is 2.03 bits per heavy atom. The Morgan fingerprint density at radius 3 is 2.69 bits per heavy atom. The maximum atomic E-state index is 12.5. The summed E-state index contributed by atoms with van der Waals surface area (Å²) in [5, 5.41) is 10.2. The number of guanidine groups is 1. The standard InChI is InChI=1S/C18H22F3N5O2S/c1-12(27)25-13-4-3-5-14(10-13)28-9-8-24-17(22-2)23-7-6-16-26-15(11-29-16)18(19,20)21/h3-5,10-11H,6-9H2,1-2H3,(H,25,27)(H2,22,23,24). The minimum absolute atomic E-state index is 0.161. The fourth-order valence-electron chi connectivity index (χ4n) is 2.27. The summed E-state index contributed by atoms with van der Waals surface area (Å²) < 4.78 is 43.3. The monoisotopic (exact) mass is 429 g/mol. The van der Waals surface area contributed by atoms with E-state index in [1.54, 1.807) is 31.3 Å². The molecule has 158 valence electrons. The van der Waals surface area contributed by atoms with Gasteiger partial charge < -0.3 is 20.7 Å². The highest BCUT2D eigenvalue weighted by Gasteiger charge is 2.33. The molecule has 1 heterocycles. The predicted octanol–water partition coefficient (Wildman–Crippen LogP) is 2.91. The molecular formula is C18H22F3N5O2S. The lowest BCUT2D eigenvalue weighted by molar-refractivity contribution is -0.140. The van der Waals surface area contributed by atoms with Gasteiger partial charge in [0.15, 0.2) is 11.7 Å². The van der Waals surface area contributed by atoms with Crippen LogP contribution in [0.3, 0.4) is 0 Å². The normalized spacial score (nSPS) is 11.8. The Balaban J connectivity index is 1.69. The van der Waals surface area contributed by atoms with Crippen molar-refractivity contribution in [2.24, 2.45) is 4.99 Å². The topological polar surface area (TPSA) is 87.6 Å². The van der Waals surface area contributed by atoms with E-state index in [2.05, 4.69) is 25.9 Å². The number of carbonyl (C=O) groups excluding carboxylic acids is 1. The van der Waals surface area contributed by atoms with Crippen LogP contribution in [0.4, 0.5) is 18.9 Å². The molecule has 0 aliphatic rings. The second kappa shape index (κ2) is 10.6. The van der Waals surface area contributed by atoms with Crippen LogP contribution in [0.15, 0.2) is 34.6 Å². The van der Waals surface area contributed by atoms with Crippen LogP contribution in [0.5, 0.6) is 5.75 Å². The molecule has 29 heavy (non-hydrogen) atoms. The van der Waals surface area contributed by atoms with E-state index >= 15 is 0 Å². The summed E-state index contributed by atoms with van der Waals surface area (Å²) >= 11 is 0.982. The Labute approximate surface area is 170 Å². The number of anilines is 1. The van der Waals surface area contributed by atoms with Crippen molar-refractivity contribution in [3.63, 3.8) is 0 Å². The summed E-state index contributed by atoms with van der Waals surface area (Å²) in [6, 6.07) is 7.04. The second-order valence-corrected chi connectivity index (χ2v) is 6.80. The number of halogens is 3. The number of carbonyl (C=O) groups is 1. The zero-order chi connectivity index (χ0) is 21.3. The highest BCUT2D eigenvalue weighted by Crippen LogP contribution is 2.30. The Bertz CT molecular complexity index is 839. The molecule has 11 heteroatoms. The maximum absolute atomic E-state index is 12.5. The van der Waals surface area contributed by atoms with Gasteiger partial charge >= 0.3 is 6.18 Å². The molecule has 0 saturated carbocycles. The van der Waals surface area contributed by atoms with Crippen LogP contribution in [-0.2, 0) is 17.4 Å². The van der Waals surface area contributed by atoms with Gasteiger partial charge in [0.05, 0.1) is 11.6 Å². The number of alkyl halides is 3. The zero-order valence-corrected chi connectivity index (χ0v) is 16.8. The van der Waals surface area contributed by atoms with Gasteiger partial charge in [-0.3, -0.25) is 9.79 Å². The van der Waals surface area contributed by atoms with Crippen LogP contribution >= 0.6 is 11.3 Å². The lowest BCUT2D eigenvalue weighted by atomic mass is 10.3. The van der Waals surface area contributed by atoms with Gasteiger partial charge in [0.25, 0.3) is 0 Å². The first-order valence-electron chi connectivity index (χ1n) is 8.74. The van der Waals surface area contributed by atoms with Crippen molar-refractivity contribution in [1.82, 2.24) is 15.6 Å². The van der Waals surface area contributed by atoms with E-state index in [9.17, 15) is 18.0 Å². The van der Waals surface area contributed by atoms with Crippen LogP contribution < -0.4 is 20.7 Å². The van der Waals surface area contributed by atoms with Crippen molar-refractivity contribution in [3.05, 3.63) is 40.3 Å². The zero-order valence-electron chi connectivity index (χ0n) is 16.0. The van der Waals surface area contributed by atoms with Crippen LogP contribution in [0.25, 0.3) is 0 Å². The highest BCUT2D eigenvalue weighted by atomic mass is 32.1. The first-order chi connectivity index (χ1) is 13.8. The van der Waals surface area contributed by atoms with Gasteiger partial charge in [0.1, 0.15) is 12.4 Å². The Kier molecular flexibility index (Phi) is 8.25. The Morgan fingerprint density at radius 1 is 1.28 bits per heavy atom. The van der Waals surface area contributed by atoms with Crippen molar-refractivity contribution in [1.29, 1.82) is 0 Å². The summed E-state index contributed by atoms with van der Waals surface area (Å²) in [7, 11) is 1.60. The van der Waals surface area contributed by atoms with Gasteiger partial charge in [-0.25, -0.2) is 4.98 Å². The third kappa shape index (κ3) is 7.98. The molecule has 0 bridgehead atoms. The minimum atomic E-state index is -4.42. The van der Waals surface area contributed by atoms with Gasteiger partial charge in [-0.2, -0.15) is 13.2 Å². The molecule has 1 amide bonds. The van der Waals surface area contributed by atoms with E-state index in [1.807, 2.05) is 0 Å². The molecule has 7 nitrogen and oxygen atoms in total. The fourth-order valence-corrected chi connectivity index (χ4v) is 3.07. The van der Waals surface area contributed by atoms with Crippen molar-refractivity contribution in [2.75, 3.05) is 32.1 Å². The van der Waals surface area contributed by atoms with Crippen molar-refractivity contribution < 1.29 is 22.7 Å². The summed E-state index contributed by atoms with van der Waals surface area (Å²) in [5.41, 5.74) is -0.212. The second-order valence-electron chi connectivity index (χ2n) is 5.86. The number of amides is 1. The van der Waals surface area contributed by atoms with Crippen molar-refractivity contribution in [3.8, 4) is 5.75 Å². The third-order valence-electron chi connectivity index (χ3n) is 3.51. The highest BCUT2D eigenvalue weighted by molar-refractivity contribution is 7.09. The average molecular weight is 429 g/mol. The summed E-state index contributed by atoms with van der Waals surface area (Å²) in [5.74, 6) is 0.963. The van der Waals surface area contributed by atoms with Gasteiger partial charge in [-0.05, 0) is 12.1 Å². The molecule has 0 atom stereocenters. The molecular weight excluding hydrogens is 407 g/mol. The quantitative estimate of drug-likeness (QED) is 0.341. The largest absolute Gasteiger partial charge is 0.492 e. The molecule has 2 rings (SSSR count). The molecule has 3 N–H and O–H groups in total. The molecule has 0 fully saturated rings. The number of benzene rings is 1. The van der Waals surface area contributed by atoms with Crippen LogP contribution in [0.1, 0.15) is 17.6 Å². The number of hydrogen-bond acceptors (Lipinski definition) is 5. The third-order valence-corrected chi connectivity index (χ3v) is 4.42. The number of aromatic nitrogens is 1. The number of thiazole rings is 1. The van der Waals surface area contributed by atoms with Crippen LogP contribution in [0, 0.1) is 0 Å². The van der Waals surface area contributed by atoms with Crippen molar-refractivity contribution >= 4 is 28.9 Å². The first kappa shape index (κ1) is 22.5. The van der Waals surface area contributed by atoms with Gasteiger partial charge in [0.2, 0.25) is 5.91 Å². The number of hydrogen-bond donors (Lipinski definition) is 3. The summed E-state index contributed by atoms with van der Waals surface area (Å²) in [6.07, 6.45) is -4.06. The number of rotatable bonds is 8. The fraction of sp³-hybridized carbons (Fsp3) is 0.389. The molecule has 1 aromatic carbocycles. The maximum Gasteiger partial charge on any atom is 0.434 e. The molecule has 0 aliphatic carbocycles. The summed E-state index contributed by atoms with van der Waals surface area (Å²) in [4.78, 5) is 18.7. The lowest BCUT2D eigenvalue weighted by Crippen LogP contribution is -2.40. The van der Waals surface area contributed by atoms with Gasteiger partial charge in [-0.1, -0.05) is 6.07 Å². The number of aliphatic imine (C=N–C) groups is 1. The predicted molar refractivity (Wildman–Crippen MR) is 106 cm³/mol. The first-order valence-corrected chi connectivity index (χ1v) is 9.62. The van der Waals surface area contributed by atoms with E-state index in [-0.39, 0.29) is 5.91 Å². The minimum Gasteiger partial charge on any atom is -0.492 e. The molecule has 1 aromatic heterocycles. The molecule has 0 unspecified atom stereocenters. The SMILES string of the molecule is CN=C(NCCOc1cccc(NC(C)=O)c1)NCCc1nc(C(F)(F)F)cs1. The van der Waals surface area contributed by atoms with E-state index < -0.39 is 11.9 Å². The van der Waals surface area contributed by atoms with E-state index in [0.29, 0.717) is 48.5 Å². The average Bonchev–Trinajstić information content (AvgIpc) is 3.13. The number of nitrogens with zero attached hydrogens (tertiary/aromatic N) is 2. The van der Waals surface area contributed by atoms with Gasteiger partial charge in [-0.15, -0.1) is 11.3 Å². The molecule has 0 radical (unpaired) electrons. The van der Waals surface area contributed by atoms with E-state index in [0.717, 1.165) is 16.7 Å². The molecule has 0 spiro atoms. The molecule has 0 aliphatic heterocycles. The van der Waals surface area contributed by atoms with Crippen molar-refractivity contribution in [2.45, 2.75) is 19.5 Å². The Hall–Kier alpha value is -2.82. The van der Waals surface area contributed by atoms with E-state index in [4.69, 9.17) is 4.74 Å². The smallest absolute Gasteiger partial charge is 0.434 e. The lowest BCUT2D eigenvalue weighted by Gasteiger charge is -2.12. The van der Waals surface area contributed by atoms with Crippen LogP contribution in [0.2, 0.25) is 0 Å². The van der Waals surface area contributed by atoms with Crippen LogP contribution in [-0.4, -0.2) is 43.6 Å². The summed E-state index contributed by atoms with van der Waals surface area (Å²) in [6.45, 7) is 2.63. The molecule has 2 aromatic rings. The molecule has 0 saturated heterocycles. The number of nitrogens with one attached hydrogen (secondary N) is 3.